The monoisotopic (exact) mass is 306 g/mol. The van der Waals surface area contributed by atoms with Crippen molar-refractivity contribution in [2.45, 2.75) is 13.1 Å². The predicted octanol–water partition coefficient (Wildman–Crippen LogP) is 2.05. The van der Waals surface area contributed by atoms with Crippen LogP contribution in [0.15, 0.2) is 17.4 Å². The average molecular weight is 307 g/mol. The number of amides is 1. The summed E-state index contributed by atoms with van der Waals surface area (Å²) in [6.07, 6.45) is -3.95. The molecule has 1 aromatic heterocycles. The van der Waals surface area contributed by atoms with Crippen molar-refractivity contribution in [2.75, 3.05) is 11.6 Å². The van der Waals surface area contributed by atoms with E-state index < -0.39 is 23.6 Å². The second-order valence-electron chi connectivity index (χ2n) is 4.21. The van der Waals surface area contributed by atoms with Crippen LogP contribution in [-0.4, -0.2) is 23.1 Å². The highest BCUT2D eigenvalue weighted by molar-refractivity contribution is 6.34. The number of carbonyl (C=O) groups excluding carboxylic acids is 1. The maximum absolute atomic E-state index is 12.5. The van der Waals surface area contributed by atoms with Crippen molar-refractivity contribution in [3.05, 3.63) is 22.8 Å². The third-order valence-corrected chi connectivity index (χ3v) is 3.13. The summed E-state index contributed by atoms with van der Waals surface area (Å²) in [4.78, 5) is 15.6. The van der Waals surface area contributed by atoms with Crippen LogP contribution >= 0.6 is 11.6 Å². The molecule has 2 rings (SSSR count). The van der Waals surface area contributed by atoms with Gasteiger partial charge in [-0.1, -0.05) is 11.6 Å². The molecule has 108 valence electrons. The van der Waals surface area contributed by atoms with Gasteiger partial charge in [0.1, 0.15) is 0 Å². The van der Waals surface area contributed by atoms with Crippen molar-refractivity contribution in [1.82, 2.24) is 4.98 Å². The molecular weight excluding hydrogens is 297 g/mol. The number of hydrogen-bond acceptors (Lipinski definition) is 4. The number of carbonyl (C=O) groups is 1. The van der Waals surface area contributed by atoms with E-state index in [9.17, 15) is 18.0 Å². The molecule has 0 saturated heterocycles. The van der Waals surface area contributed by atoms with Gasteiger partial charge in [-0.3, -0.25) is 4.79 Å². The first-order valence-corrected chi connectivity index (χ1v) is 5.95. The van der Waals surface area contributed by atoms with Crippen molar-refractivity contribution in [3.8, 4) is 0 Å². The lowest BCUT2D eigenvalue weighted by molar-refractivity contribution is -0.137. The molecule has 9 heteroatoms. The van der Waals surface area contributed by atoms with Gasteiger partial charge in [-0.25, -0.2) is 4.98 Å². The first-order valence-electron chi connectivity index (χ1n) is 5.57. The van der Waals surface area contributed by atoms with Gasteiger partial charge in [0.25, 0.3) is 5.91 Å². The number of halogens is 4. The fourth-order valence-corrected chi connectivity index (χ4v) is 2.01. The predicted molar refractivity (Wildman–Crippen MR) is 67.4 cm³/mol. The van der Waals surface area contributed by atoms with E-state index in [0.717, 1.165) is 5.01 Å². The minimum Gasteiger partial charge on any atom is -0.329 e. The number of nitrogens with zero attached hydrogens (tertiary/aromatic N) is 3. The van der Waals surface area contributed by atoms with Gasteiger partial charge in [-0.05, 0) is 13.0 Å². The van der Waals surface area contributed by atoms with Gasteiger partial charge >= 0.3 is 6.18 Å². The van der Waals surface area contributed by atoms with E-state index in [0.29, 0.717) is 18.0 Å². The molecule has 0 fully saturated rings. The van der Waals surface area contributed by atoms with Crippen LogP contribution in [0.4, 0.5) is 19.0 Å². The van der Waals surface area contributed by atoms with Crippen molar-refractivity contribution in [2.24, 2.45) is 16.8 Å². The number of hydrogen-bond donors (Lipinski definition) is 1. The Morgan fingerprint density at radius 2 is 2.15 bits per heavy atom. The second-order valence-corrected chi connectivity index (χ2v) is 4.61. The van der Waals surface area contributed by atoms with Crippen LogP contribution < -0.4 is 10.7 Å². The number of nitrogens with two attached hydrogens (primary N) is 1. The molecule has 1 aliphatic heterocycles. The minimum absolute atomic E-state index is 0.0585. The Morgan fingerprint density at radius 1 is 1.50 bits per heavy atom. The molecule has 0 radical (unpaired) electrons. The highest BCUT2D eigenvalue weighted by atomic mass is 35.5. The minimum atomic E-state index is -4.55. The Hall–Kier alpha value is -1.67. The summed E-state index contributed by atoms with van der Waals surface area (Å²) < 4.78 is 37.5. The number of alkyl halides is 3. The summed E-state index contributed by atoms with van der Waals surface area (Å²) in [7, 11) is 0. The Bertz CT molecular complexity index is 588. The van der Waals surface area contributed by atoms with Crippen LogP contribution in [-0.2, 0) is 11.0 Å². The highest BCUT2D eigenvalue weighted by Gasteiger charge is 2.36. The largest absolute Gasteiger partial charge is 0.417 e. The van der Waals surface area contributed by atoms with E-state index in [1.807, 2.05) is 0 Å². The summed E-state index contributed by atoms with van der Waals surface area (Å²) in [6, 6.07) is 0.706. The van der Waals surface area contributed by atoms with E-state index >= 15 is 0 Å². The third-order valence-electron chi connectivity index (χ3n) is 2.85. The second kappa shape index (κ2) is 5.02. The quantitative estimate of drug-likeness (QED) is 0.909. The van der Waals surface area contributed by atoms with Crippen LogP contribution in [0.5, 0.6) is 0 Å². The molecule has 0 aliphatic carbocycles. The zero-order chi connectivity index (χ0) is 15.1. The number of aromatic nitrogens is 1. The topological polar surface area (TPSA) is 71.6 Å². The SMILES string of the molecule is CC1=NN(c2ncc(C(F)(F)F)cc2Cl)C(=O)C1CN. The zero-order valence-corrected chi connectivity index (χ0v) is 11.0. The summed E-state index contributed by atoms with van der Waals surface area (Å²) in [6.45, 7) is 1.66. The Balaban J connectivity index is 2.39. The number of pyridine rings is 1. The van der Waals surface area contributed by atoms with Gasteiger partial charge < -0.3 is 5.73 Å². The van der Waals surface area contributed by atoms with Crippen LogP contribution in [0.25, 0.3) is 0 Å². The zero-order valence-electron chi connectivity index (χ0n) is 10.3. The summed E-state index contributed by atoms with van der Waals surface area (Å²) in [5, 5.41) is 4.52. The van der Waals surface area contributed by atoms with Gasteiger partial charge in [0.05, 0.1) is 16.5 Å². The normalized spacial score (nSPS) is 19.5. The lowest BCUT2D eigenvalue weighted by Crippen LogP contribution is -2.32. The summed E-state index contributed by atoms with van der Waals surface area (Å²) >= 11 is 5.76. The van der Waals surface area contributed by atoms with E-state index in [1.54, 1.807) is 6.92 Å². The average Bonchev–Trinajstić information content (AvgIpc) is 2.63. The third kappa shape index (κ3) is 2.48. The Labute approximate surface area is 117 Å². The molecule has 5 nitrogen and oxygen atoms in total. The van der Waals surface area contributed by atoms with Gasteiger partial charge in [0.2, 0.25) is 0 Å². The molecule has 0 spiro atoms. The van der Waals surface area contributed by atoms with Gasteiger partial charge in [-0.15, -0.1) is 0 Å². The van der Waals surface area contributed by atoms with Gasteiger partial charge in [0.15, 0.2) is 5.82 Å². The lowest BCUT2D eigenvalue weighted by atomic mass is 10.1. The van der Waals surface area contributed by atoms with Crippen LogP contribution in [0.2, 0.25) is 5.02 Å². The van der Waals surface area contributed by atoms with Gasteiger partial charge in [-0.2, -0.15) is 23.3 Å². The molecule has 1 unspecified atom stereocenters. The van der Waals surface area contributed by atoms with E-state index in [2.05, 4.69) is 10.1 Å². The smallest absolute Gasteiger partial charge is 0.329 e. The maximum atomic E-state index is 12.5. The number of rotatable bonds is 2. The standard InChI is InChI=1S/C11H10ClF3N4O/c1-5-7(3-16)10(20)19(18-5)9-8(12)2-6(4-17-9)11(13,14)15/h2,4,7H,3,16H2,1H3. The molecule has 0 bridgehead atoms. The molecule has 0 aromatic carbocycles. The molecule has 1 atom stereocenters. The maximum Gasteiger partial charge on any atom is 0.417 e. The van der Waals surface area contributed by atoms with E-state index in [-0.39, 0.29) is 17.4 Å². The van der Waals surface area contributed by atoms with Gasteiger partial charge in [0, 0.05) is 18.5 Å². The highest BCUT2D eigenvalue weighted by Crippen LogP contribution is 2.34. The van der Waals surface area contributed by atoms with E-state index in [1.165, 1.54) is 0 Å². The molecular formula is C11H10ClF3N4O. The van der Waals surface area contributed by atoms with Crippen molar-refractivity contribution in [3.63, 3.8) is 0 Å². The Kier molecular flexibility index (Phi) is 3.70. The number of hydrazone groups is 1. The fraction of sp³-hybridized carbons (Fsp3) is 0.364. The molecule has 2 N–H and O–H groups in total. The van der Waals surface area contributed by atoms with Crippen molar-refractivity contribution >= 4 is 29.0 Å². The molecule has 1 aromatic rings. The first kappa shape index (κ1) is 14.7. The molecule has 1 amide bonds. The van der Waals surface area contributed by atoms with E-state index in [4.69, 9.17) is 17.3 Å². The summed E-state index contributed by atoms with van der Waals surface area (Å²) in [5.74, 6) is -1.20. The molecule has 1 aliphatic rings. The summed E-state index contributed by atoms with van der Waals surface area (Å²) in [5.41, 5.74) is 4.92. The van der Waals surface area contributed by atoms with Crippen LogP contribution in [0.3, 0.4) is 0 Å². The molecule has 20 heavy (non-hydrogen) atoms. The lowest BCUT2D eigenvalue weighted by Gasteiger charge is -2.15. The van der Waals surface area contributed by atoms with Crippen LogP contribution in [0, 0.1) is 5.92 Å². The fourth-order valence-electron chi connectivity index (χ4n) is 1.77. The Morgan fingerprint density at radius 3 is 2.60 bits per heavy atom. The van der Waals surface area contributed by atoms with Crippen LogP contribution in [0.1, 0.15) is 12.5 Å². The number of anilines is 1. The van der Waals surface area contributed by atoms with Crippen molar-refractivity contribution < 1.29 is 18.0 Å². The molecule has 2 heterocycles. The first-order chi connectivity index (χ1) is 9.25. The molecule has 0 saturated carbocycles. The van der Waals surface area contributed by atoms with Crippen molar-refractivity contribution in [1.29, 1.82) is 0 Å².